The fraction of sp³-hybridized carbons (Fsp3) is 0.438. The Morgan fingerprint density at radius 2 is 1.79 bits per heavy atom. The largest absolute Gasteiger partial charge is 0.508 e. The van der Waals surface area contributed by atoms with Gasteiger partial charge in [-0.3, -0.25) is 9.59 Å². The smallest absolute Gasteiger partial charge is 0.409 e. The molecule has 0 spiro atoms. The first-order valence-electron chi connectivity index (χ1n) is 7.82. The molecule has 0 aromatic heterocycles. The molecular formula is C16H21N3O5. The van der Waals surface area contributed by atoms with E-state index in [0.717, 1.165) is 0 Å². The van der Waals surface area contributed by atoms with E-state index in [1.165, 1.54) is 24.3 Å². The zero-order valence-electron chi connectivity index (χ0n) is 13.4. The van der Waals surface area contributed by atoms with Crippen LogP contribution in [-0.4, -0.2) is 53.7 Å². The number of anilines is 1. The molecule has 0 radical (unpaired) electrons. The molecule has 1 saturated heterocycles. The van der Waals surface area contributed by atoms with E-state index < -0.39 is 11.8 Å². The van der Waals surface area contributed by atoms with Gasteiger partial charge in [0.2, 0.25) is 0 Å². The highest BCUT2D eigenvalue weighted by Crippen LogP contribution is 2.14. The first-order chi connectivity index (χ1) is 11.5. The van der Waals surface area contributed by atoms with Gasteiger partial charge in [-0.2, -0.15) is 0 Å². The summed E-state index contributed by atoms with van der Waals surface area (Å²) in [4.78, 5) is 37.0. The molecule has 2 rings (SSSR count). The topological polar surface area (TPSA) is 108 Å². The van der Waals surface area contributed by atoms with E-state index in [4.69, 9.17) is 4.74 Å². The number of nitrogens with zero attached hydrogens (tertiary/aromatic N) is 1. The van der Waals surface area contributed by atoms with Gasteiger partial charge in [-0.05, 0) is 44.0 Å². The number of phenols is 1. The minimum Gasteiger partial charge on any atom is -0.508 e. The molecule has 0 aliphatic carbocycles. The molecule has 3 amide bonds. The SMILES string of the molecule is CCOC(=O)N1CCC(NC(=O)C(=O)Nc2ccc(O)cc2)CC1. The number of amides is 3. The van der Waals surface area contributed by atoms with Gasteiger partial charge in [0.05, 0.1) is 6.61 Å². The Labute approximate surface area is 139 Å². The van der Waals surface area contributed by atoms with Crippen LogP contribution in [0.2, 0.25) is 0 Å². The van der Waals surface area contributed by atoms with E-state index in [-0.39, 0.29) is 17.9 Å². The molecule has 1 aliphatic rings. The molecule has 1 fully saturated rings. The highest BCUT2D eigenvalue weighted by molar-refractivity contribution is 6.39. The van der Waals surface area contributed by atoms with Gasteiger partial charge in [-0.15, -0.1) is 0 Å². The predicted octanol–water partition coefficient (Wildman–Crippen LogP) is 1.07. The van der Waals surface area contributed by atoms with Crippen LogP contribution in [0.3, 0.4) is 0 Å². The molecule has 0 saturated carbocycles. The van der Waals surface area contributed by atoms with E-state index in [9.17, 15) is 19.5 Å². The van der Waals surface area contributed by atoms with Gasteiger partial charge in [0, 0.05) is 24.8 Å². The summed E-state index contributed by atoms with van der Waals surface area (Å²) in [5.41, 5.74) is 0.421. The average Bonchev–Trinajstić information content (AvgIpc) is 2.57. The Hall–Kier alpha value is -2.77. The maximum Gasteiger partial charge on any atom is 0.409 e. The standard InChI is InChI=1S/C16H21N3O5/c1-2-24-16(23)19-9-7-12(8-10-19)18-15(22)14(21)17-11-3-5-13(20)6-4-11/h3-6,12,20H,2,7-10H2,1H3,(H,17,21)(H,18,22). The summed E-state index contributed by atoms with van der Waals surface area (Å²) in [6, 6.07) is 5.67. The highest BCUT2D eigenvalue weighted by atomic mass is 16.6. The van der Waals surface area contributed by atoms with Crippen LogP contribution in [0.25, 0.3) is 0 Å². The van der Waals surface area contributed by atoms with Crippen molar-refractivity contribution in [3.05, 3.63) is 24.3 Å². The summed E-state index contributed by atoms with van der Waals surface area (Å²) in [5.74, 6) is -1.42. The molecule has 0 atom stereocenters. The zero-order chi connectivity index (χ0) is 17.5. The van der Waals surface area contributed by atoms with Gasteiger partial charge in [-0.25, -0.2) is 4.79 Å². The molecule has 0 bridgehead atoms. The second-order valence-electron chi connectivity index (χ2n) is 5.43. The van der Waals surface area contributed by atoms with E-state index in [0.29, 0.717) is 38.2 Å². The Kier molecular flexibility index (Phi) is 6.00. The monoisotopic (exact) mass is 335 g/mol. The lowest BCUT2D eigenvalue weighted by molar-refractivity contribution is -0.136. The van der Waals surface area contributed by atoms with E-state index in [2.05, 4.69) is 10.6 Å². The number of rotatable bonds is 3. The fourth-order valence-electron chi connectivity index (χ4n) is 2.40. The van der Waals surface area contributed by atoms with Crippen molar-refractivity contribution in [2.75, 3.05) is 25.0 Å². The van der Waals surface area contributed by atoms with Crippen LogP contribution < -0.4 is 10.6 Å². The Morgan fingerprint density at radius 3 is 2.38 bits per heavy atom. The van der Waals surface area contributed by atoms with E-state index >= 15 is 0 Å². The number of hydrogen-bond acceptors (Lipinski definition) is 5. The Morgan fingerprint density at radius 1 is 1.17 bits per heavy atom. The van der Waals surface area contributed by atoms with E-state index in [1.807, 2.05) is 0 Å². The van der Waals surface area contributed by atoms with Crippen molar-refractivity contribution >= 4 is 23.6 Å². The minimum atomic E-state index is -0.770. The molecule has 8 heteroatoms. The average molecular weight is 335 g/mol. The van der Waals surface area contributed by atoms with Crippen LogP contribution in [0.15, 0.2) is 24.3 Å². The number of likely N-dealkylation sites (tertiary alicyclic amines) is 1. The third-order valence-electron chi connectivity index (χ3n) is 3.69. The molecule has 8 nitrogen and oxygen atoms in total. The van der Waals surface area contributed by atoms with Crippen molar-refractivity contribution in [3.63, 3.8) is 0 Å². The number of hydrogen-bond donors (Lipinski definition) is 3. The summed E-state index contributed by atoms with van der Waals surface area (Å²) in [6.45, 7) is 3.03. The molecule has 1 aromatic rings. The fourth-order valence-corrected chi connectivity index (χ4v) is 2.40. The van der Waals surface area contributed by atoms with Crippen LogP contribution in [0.1, 0.15) is 19.8 Å². The van der Waals surface area contributed by atoms with Crippen LogP contribution in [-0.2, 0) is 14.3 Å². The Balaban J connectivity index is 1.77. The molecule has 1 aliphatic heterocycles. The molecule has 1 aromatic carbocycles. The molecule has 0 unspecified atom stereocenters. The van der Waals surface area contributed by atoms with Crippen LogP contribution in [0.4, 0.5) is 10.5 Å². The van der Waals surface area contributed by atoms with Crippen molar-refractivity contribution in [2.24, 2.45) is 0 Å². The third-order valence-corrected chi connectivity index (χ3v) is 3.69. The number of carbonyl (C=O) groups excluding carboxylic acids is 3. The van der Waals surface area contributed by atoms with Crippen LogP contribution in [0.5, 0.6) is 5.75 Å². The van der Waals surface area contributed by atoms with Crippen molar-refractivity contribution in [1.29, 1.82) is 0 Å². The lowest BCUT2D eigenvalue weighted by Crippen LogP contribution is -2.49. The number of phenolic OH excluding ortho intramolecular Hbond substituents is 1. The zero-order valence-corrected chi connectivity index (χ0v) is 13.4. The predicted molar refractivity (Wildman–Crippen MR) is 86.5 cm³/mol. The molecule has 24 heavy (non-hydrogen) atoms. The number of ether oxygens (including phenoxy) is 1. The second kappa shape index (κ2) is 8.19. The number of carbonyl (C=O) groups is 3. The number of benzene rings is 1. The second-order valence-corrected chi connectivity index (χ2v) is 5.43. The normalized spacial score (nSPS) is 14.8. The maximum atomic E-state index is 11.9. The minimum absolute atomic E-state index is 0.0748. The van der Waals surface area contributed by atoms with Gasteiger partial charge in [-0.1, -0.05) is 0 Å². The molecular weight excluding hydrogens is 314 g/mol. The number of nitrogens with one attached hydrogen (secondary N) is 2. The summed E-state index contributed by atoms with van der Waals surface area (Å²) < 4.78 is 4.93. The third kappa shape index (κ3) is 4.87. The van der Waals surface area contributed by atoms with Gasteiger partial charge in [0.15, 0.2) is 0 Å². The van der Waals surface area contributed by atoms with Crippen molar-refractivity contribution < 1.29 is 24.2 Å². The van der Waals surface area contributed by atoms with E-state index in [1.54, 1.807) is 11.8 Å². The van der Waals surface area contributed by atoms with Crippen molar-refractivity contribution in [2.45, 2.75) is 25.8 Å². The lowest BCUT2D eigenvalue weighted by Gasteiger charge is -2.31. The molecule has 1 heterocycles. The van der Waals surface area contributed by atoms with Gasteiger partial charge in [0.25, 0.3) is 0 Å². The Bertz CT molecular complexity index is 594. The summed E-state index contributed by atoms with van der Waals surface area (Å²) in [5, 5.41) is 14.3. The number of piperidine rings is 1. The summed E-state index contributed by atoms with van der Waals surface area (Å²) in [6.07, 6.45) is 0.779. The van der Waals surface area contributed by atoms with Gasteiger partial charge in [0.1, 0.15) is 5.75 Å². The first-order valence-corrected chi connectivity index (χ1v) is 7.82. The maximum absolute atomic E-state index is 11.9. The van der Waals surface area contributed by atoms with Crippen LogP contribution >= 0.6 is 0 Å². The first kappa shape index (κ1) is 17.6. The summed E-state index contributed by atoms with van der Waals surface area (Å²) in [7, 11) is 0. The van der Waals surface area contributed by atoms with Gasteiger partial charge >= 0.3 is 17.9 Å². The lowest BCUT2D eigenvalue weighted by atomic mass is 10.1. The van der Waals surface area contributed by atoms with Crippen LogP contribution in [0, 0.1) is 0 Å². The van der Waals surface area contributed by atoms with Crippen molar-refractivity contribution in [1.82, 2.24) is 10.2 Å². The summed E-state index contributed by atoms with van der Waals surface area (Å²) >= 11 is 0. The van der Waals surface area contributed by atoms with Crippen molar-refractivity contribution in [3.8, 4) is 5.75 Å². The molecule has 130 valence electrons. The number of aromatic hydroxyl groups is 1. The van der Waals surface area contributed by atoms with Gasteiger partial charge < -0.3 is 25.4 Å². The quantitative estimate of drug-likeness (QED) is 0.566. The highest BCUT2D eigenvalue weighted by Gasteiger charge is 2.26. The molecule has 3 N–H and O–H groups in total.